The van der Waals surface area contributed by atoms with Crippen molar-refractivity contribution in [2.24, 2.45) is 0 Å². The lowest BCUT2D eigenvalue weighted by molar-refractivity contribution is -0.131. The fraction of sp³-hybridized carbons (Fsp3) is 0.500. The van der Waals surface area contributed by atoms with Crippen LogP contribution in [0.5, 0.6) is 0 Å². The van der Waals surface area contributed by atoms with Gasteiger partial charge in [0.1, 0.15) is 6.61 Å². The number of halogens is 1. The maximum Gasteiger partial charge on any atom is 0.246 e. The number of benzene rings is 1. The molecule has 0 aliphatic heterocycles. The van der Waals surface area contributed by atoms with Gasteiger partial charge in [-0.2, -0.15) is 0 Å². The average Bonchev–Trinajstić information content (AvgIpc) is 2.26. The van der Waals surface area contributed by atoms with Crippen LogP contribution in [0.2, 0.25) is 5.02 Å². The zero-order valence-corrected chi connectivity index (χ0v) is 12.0. The van der Waals surface area contributed by atoms with E-state index >= 15 is 0 Å². The summed E-state index contributed by atoms with van der Waals surface area (Å²) in [4.78, 5) is 11.7. The minimum absolute atomic E-state index is 0.0539. The molecule has 0 fully saturated rings. The van der Waals surface area contributed by atoms with E-state index in [1.54, 1.807) is 0 Å². The van der Waals surface area contributed by atoms with Gasteiger partial charge in [0.15, 0.2) is 0 Å². The topological polar surface area (TPSA) is 38.3 Å². The standard InChI is InChI=1S/C14H20ClNO2/c1-10(11-7-5-6-8-12(11)15)16-13(17)9-18-14(2,3)4/h5-8,10H,9H2,1-4H3,(H,16,17)/t10-/m1/s1. The van der Waals surface area contributed by atoms with E-state index in [4.69, 9.17) is 16.3 Å². The van der Waals surface area contributed by atoms with E-state index < -0.39 is 0 Å². The molecule has 18 heavy (non-hydrogen) atoms. The molecule has 0 heterocycles. The summed E-state index contributed by atoms with van der Waals surface area (Å²) in [5.41, 5.74) is 0.591. The van der Waals surface area contributed by atoms with Gasteiger partial charge in [-0.15, -0.1) is 0 Å². The van der Waals surface area contributed by atoms with Gasteiger partial charge in [-0.3, -0.25) is 4.79 Å². The molecule has 1 atom stereocenters. The summed E-state index contributed by atoms with van der Waals surface area (Å²) in [7, 11) is 0. The molecule has 0 aliphatic carbocycles. The second-order valence-electron chi connectivity index (χ2n) is 5.21. The van der Waals surface area contributed by atoms with Crippen LogP contribution in [0.1, 0.15) is 39.3 Å². The van der Waals surface area contributed by atoms with Crippen molar-refractivity contribution in [3.8, 4) is 0 Å². The molecule has 3 nitrogen and oxygen atoms in total. The molecule has 4 heteroatoms. The third-order valence-electron chi connectivity index (χ3n) is 2.39. The highest BCUT2D eigenvalue weighted by Gasteiger charge is 2.15. The predicted molar refractivity (Wildman–Crippen MR) is 73.7 cm³/mol. The van der Waals surface area contributed by atoms with Gasteiger partial charge in [-0.25, -0.2) is 0 Å². The van der Waals surface area contributed by atoms with Crippen molar-refractivity contribution in [2.75, 3.05) is 6.61 Å². The number of nitrogens with one attached hydrogen (secondary N) is 1. The maximum atomic E-state index is 11.7. The van der Waals surface area contributed by atoms with Gasteiger partial charge in [0.2, 0.25) is 5.91 Å². The molecule has 0 spiro atoms. The summed E-state index contributed by atoms with van der Waals surface area (Å²) in [5.74, 6) is -0.141. The number of carbonyl (C=O) groups is 1. The minimum atomic E-state index is -0.315. The summed E-state index contributed by atoms with van der Waals surface area (Å²) in [5, 5.41) is 3.52. The lowest BCUT2D eigenvalue weighted by Crippen LogP contribution is -2.33. The molecule has 1 aromatic carbocycles. The van der Waals surface area contributed by atoms with Gasteiger partial charge in [0, 0.05) is 5.02 Å². The molecule has 1 amide bonds. The molecule has 1 aromatic rings. The van der Waals surface area contributed by atoms with Crippen LogP contribution in [0, 0.1) is 0 Å². The SMILES string of the molecule is C[C@@H](NC(=O)COC(C)(C)C)c1ccccc1Cl. The highest BCUT2D eigenvalue weighted by molar-refractivity contribution is 6.31. The first-order valence-corrected chi connectivity index (χ1v) is 6.35. The first-order chi connectivity index (χ1) is 8.29. The van der Waals surface area contributed by atoms with Crippen molar-refractivity contribution in [2.45, 2.75) is 39.3 Å². The largest absolute Gasteiger partial charge is 0.366 e. The molecule has 0 radical (unpaired) electrons. The second kappa shape index (κ2) is 6.21. The zero-order valence-electron chi connectivity index (χ0n) is 11.3. The summed E-state index contributed by atoms with van der Waals surface area (Å²) >= 11 is 6.07. The summed E-state index contributed by atoms with van der Waals surface area (Å²) in [6, 6.07) is 7.34. The van der Waals surface area contributed by atoms with Gasteiger partial charge in [-0.1, -0.05) is 29.8 Å². The fourth-order valence-corrected chi connectivity index (χ4v) is 1.77. The Morgan fingerprint density at radius 1 is 1.39 bits per heavy atom. The third-order valence-corrected chi connectivity index (χ3v) is 2.73. The fourth-order valence-electron chi connectivity index (χ4n) is 1.47. The summed E-state index contributed by atoms with van der Waals surface area (Å²) < 4.78 is 5.41. The van der Waals surface area contributed by atoms with Gasteiger partial charge < -0.3 is 10.1 Å². The molecular formula is C14H20ClNO2. The van der Waals surface area contributed by atoms with Crippen LogP contribution in [0.15, 0.2) is 24.3 Å². The van der Waals surface area contributed by atoms with Gasteiger partial charge in [0.25, 0.3) is 0 Å². The normalized spacial score (nSPS) is 13.2. The van der Waals surface area contributed by atoms with E-state index in [0.717, 1.165) is 5.56 Å². The molecule has 100 valence electrons. The predicted octanol–water partition coefficient (Wildman–Crippen LogP) is 3.33. The van der Waals surface area contributed by atoms with Crippen molar-refractivity contribution in [1.82, 2.24) is 5.32 Å². The molecule has 0 bridgehead atoms. The van der Waals surface area contributed by atoms with E-state index in [2.05, 4.69) is 5.32 Å². The number of rotatable bonds is 4. The molecule has 0 unspecified atom stereocenters. The van der Waals surface area contributed by atoms with Crippen molar-refractivity contribution in [3.63, 3.8) is 0 Å². The van der Waals surface area contributed by atoms with Crippen LogP contribution in [0.4, 0.5) is 0 Å². The zero-order chi connectivity index (χ0) is 13.8. The Balaban J connectivity index is 2.53. The van der Waals surface area contributed by atoms with Crippen LogP contribution in [0.25, 0.3) is 0 Å². The monoisotopic (exact) mass is 269 g/mol. The van der Waals surface area contributed by atoms with E-state index in [1.165, 1.54) is 0 Å². The average molecular weight is 270 g/mol. The second-order valence-corrected chi connectivity index (χ2v) is 5.62. The van der Waals surface area contributed by atoms with Gasteiger partial charge in [0.05, 0.1) is 11.6 Å². The maximum absolute atomic E-state index is 11.7. The minimum Gasteiger partial charge on any atom is -0.366 e. The molecule has 0 saturated carbocycles. The Morgan fingerprint density at radius 2 is 2.00 bits per heavy atom. The number of amides is 1. The Morgan fingerprint density at radius 3 is 2.56 bits per heavy atom. The lowest BCUT2D eigenvalue weighted by Gasteiger charge is -2.21. The molecule has 0 aromatic heterocycles. The van der Waals surface area contributed by atoms with Crippen LogP contribution in [-0.4, -0.2) is 18.1 Å². The number of ether oxygens (including phenoxy) is 1. The van der Waals surface area contributed by atoms with Crippen LogP contribution >= 0.6 is 11.6 Å². The number of hydrogen-bond acceptors (Lipinski definition) is 2. The van der Waals surface area contributed by atoms with Gasteiger partial charge >= 0.3 is 0 Å². The molecule has 1 rings (SSSR count). The highest BCUT2D eigenvalue weighted by atomic mass is 35.5. The number of hydrogen-bond donors (Lipinski definition) is 1. The van der Waals surface area contributed by atoms with E-state index in [-0.39, 0.29) is 24.2 Å². The Kier molecular flexibility index (Phi) is 5.17. The Labute approximate surface area is 113 Å². The van der Waals surface area contributed by atoms with E-state index in [0.29, 0.717) is 5.02 Å². The molecular weight excluding hydrogens is 250 g/mol. The smallest absolute Gasteiger partial charge is 0.246 e. The first kappa shape index (κ1) is 15.0. The first-order valence-electron chi connectivity index (χ1n) is 5.97. The quantitative estimate of drug-likeness (QED) is 0.910. The highest BCUT2D eigenvalue weighted by Crippen LogP contribution is 2.21. The number of carbonyl (C=O) groups excluding carboxylic acids is 1. The van der Waals surface area contributed by atoms with Gasteiger partial charge in [-0.05, 0) is 39.3 Å². The molecule has 0 aliphatic rings. The Hall–Kier alpha value is -1.06. The van der Waals surface area contributed by atoms with Crippen LogP contribution < -0.4 is 5.32 Å². The summed E-state index contributed by atoms with van der Waals surface area (Å²) in [6.45, 7) is 7.70. The van der Waals surface area contributed by atoms with Crippen molar-refractivity contribution in [1.29, 1.82) is 0 Å². The van der Waals surface area contributed by atoms with E-state index in [1.807, 2.05) is 52.0 Å². The summed E-state index contributed by atoms with van der Waals surface area (Å²) in [6.07, 6.45) is 0. The molecule has 0 saturated heterocycles. The van der Waals surface area contributed by atoms with E-state index in [9.17, 15) is 4.79 Å². The lowest BCUT2D eigenvalue weighted by atomic mass is 10.1. The van der Waals surface area contributed by atoms with Crippen molar-refractivity contribution in [3.05, 3.63) is 34.9 Å². The third kappa shape index (κ3) is 5.07. The van der Waals surface area contributed by atoms with Crippen LogP contribution in [-0.2, 0) is 9.53 Å². The van der Waals surface area contributed by atoms with Crippen molar-refractivity contribution < 1.29 is 9.53 Å². The molecule has 1 N–H and O–H groups in total. The van der Waals surface area contributed by atoms with Crippen molar-refractivity contribution >= 4 is 17.5 Å². The van der Waals surface area contributed by atoms with Crippen LogP contribution in [0.3, 0.4) is 0 Å². The Bertz CT molecular complexity index is 413.